The molecule has 0 bridgehead atoms. The fourth-order valence-electron chi connectivity index (χ4n) is 1.84. The molecule has 0 aliphatic carbocycles. The molecule has 1 aromatic carbocycles. The Morgan fingerprint density at radius 2 is 1.86 bits per heavy atom. The van der Waals surface area contributed by atoms with Gasteiger partial charge in [0, 0.05) is 45.9 Å². The van der Waals surface area contributed by atoms with Crippen LogP contribution < -0.4 is 4.74 Å². The number of nitro benzene ring substituents is 1. The summed E-state index contributed by atoms with van der Waals surface area (Å²) in [7, 11) is 9.10. The van der Waals surface area contributed by atoms with E-state index in [0.29, 0.717) is 17.9 Å². The number of rotatable bonds is 4. The highest BCUT2D eigenvalue weighted by molar-refractivity contribution is 14.0. The summed E-state index contributed by atoms with van der Waals surface area (Å²) >= 11 is 0. The van der Waals surface area contributed by atoms with Gasteiger partial charge in [0.2, 0.25) is 0 Å². The average Bonchev–Trinajstić information content (AvgIpc) is 2.37. The molecule has 0 aliphatic rings. The molecule has 7 nitrogen and oxygen atoms in total. The van der Waals surface area contributed by atoms with E-state index in [1.165, 1.54) is 19.2 Å². The van der Waals surface area contributed by atoms with Crippen LogP contribution in [0.25, 0.3) is 0 Å². The molecule has 0 aromatic heterocycles. The summed E-state index contributed by atoms with van der Waals surface area (Å²) in [6, 6.07) is 4.50. The van der Waals surface area contributed by atoms with Crippen molar-refractivity contribution >= 4 is 35.6 Å². The van der Waals surface area contributed by atoms with E-state index >= 15 is 0 Å². The predicted octanol–water partition coefficient (Wildman–Crippen LogP) is 2.20. The molecule has 0 radical (unpaired) electrons. The van der Waals surface area contributed by atoms with Crippen molar-refractivity contribution in [2.75, 3.05) is 35.3 Å². The Balaban J connectivity index is 0.00000400. The number of hydrogen-bond donors (Lipinski definition) is 0. The van der Waals surface area contributed by atoms with Crippen LogP contribution in [0.4, 0.5) is 5.69 Å². The Kier molecular flexibility index (Phi) is 8.00. The van der Waals surface area contributed by atoms with Crippen molar-refractivity contribution in [1.82, 2.24) is 9.80 Å². The first-order valence-corrected chi connectivity index (χ1v) is 6.07. The fourth-order valence-corrected chi connectivity index (χ4v) is 1.84. The zero-order valence-electron chi connectivity index (χ0n) is 12.9. The molecule has 0 unspecified atom stereocenters. The molecule has 1 rings (SSSR count). The van der Waals surface area contributed by atoms with E-state index in [1.54, 1.807) is 6.07 Å². The molecule has 8 heteroatoms. The van der Waals surface area contributed by atoms with Crippen LogP contribution in [0.2, 0.25) is 0 Å². The number of non-ortho nitro benzene ring substituents is 1. The molecule has 0 saturated heterocycles. The zero-order valence-corrected chi connectivity index (χ0v) is 15.2. The lowest BCUT2D eigenvalue weighted by molar-refractivity contribution is -0.384. The van der Waals surface area contributed by atoms with Gasteiger partial charge in [0.05, 0.1) is 18.6 Å². The van der Waals surface area contributed by atoms with Crippen molar-refractivity contribution in [3.05, 3.63) is 33.9 Å². The number of hydrogen-bond acceptors (Lipinski definition) is 4. The second kappa shape index (κ2) is 8.65. The summed E-state index contributed by atoms with van der Waals surface area (Å²) in [5, 5.41) is 10.8. The maximum atomic E-state index is 10.8. The van der Waals surface area contributed by atoms with Gasteiger partial charge in [-0.25, -0.2) is 4.99 Å². The van der Waals surface area contributed by atoms with Gasteiger partial charge in [0.25, 0.3) is 5.69 Å². The first-order chi connectivity index (χ1) is 9.36. The third-order valence-electron chi connectivity index (χ3n) is 2.67. The fraction of sp³-hybridized carbons (Fsp3) is 0.462. The minimum absolute atomic E-state index is 0. The third kappa shape index (κ3) is 5.37. The van der Waals surface area contributed by atoms with Crippen molar-refractivity contribution in [3.8, 4) is 5.75 Å². The van der Waals surface area contributed by atoms with Crippen LogP contribution in [-0.2, 0) is 6.54 Å². The van der Waals surface area contributed by atoms with Crippen LogP contribution in [0.5, 0.6) is 5.75 Å². The summed E-state index contributed by atoms with van der Waals surface area (Å²) in [6.07, 6.45) is 0. The highest BCUT2D eigenvalue weighted by atomic mass is 127. The van der Waals surface area contributed by atoms with Crippen LogP contribution in [0.1, 0.15) is 5.56 Å². The second-order valence-electron chi connectivity index (χ2n) is 4.66. The Hall–Kier alpha value is -1.58. The molecule has 118 valence electrons. The smallest absolute Gasteiger partial charge is 0.270 e. The molecule has 0 spiro atoms. The average molecular weight is 408 g/mol. The Labute approximate surface area is 141 Å². The number of benzene rings is 1. The lowest BCUT2D eigenvalue weighted by atomic mass is 10.2. The van der Waals surface area contributed by atoms with E-state index in [4.69, 9.17) is 4.74 Å². The van der Waals surface area contributed by atoms with Crippen molar-refractivity contribution in [3.63, 3.8) is 0 Å². The number of methoxy groups -OCH3 is 1. The van der Waals surface area contributed by atoms with Crippen LogP contribution >= 0.6 is 24.0 Å². The van der Waals surface area contributed by atoms with Crippen molar-refractivity contribution in [1.29, 1.82) is 0 Å². The molecule has 0 atom stereocenters. The topological polar surface area (TPSA) is 71.2 Å². The minimum Gasteiger partial charge on any atom is -0.496 e. The first kappa shape index (κ1) is 19.4. The molecule has 0 fully saturated rings. The van der Waals surface area contributed by atoms with Gasteiger partial charge in [0.15, 0.2) is 5.96 Å². The van der Waals surface area contributed by atoms with Gasteiger partial charge >= 0.3 is 0 Å². The second-order valence-corrected chi connectivity index (χ2v) is 4.66. The lowest BCUT2D eigenvalue weighted by Gasteiger charge is -2.22. The number of ether oxygens (including phenoxy) is 1. The Bertz CT molecular complexity index is 508. The van der Waals surface area contributed by atoms with E-state index in [9.17, 15) is 10.1 Å². The molecule has 0 heterocycles. The van der Waals surface area contributed by atoms with Gasteiger partial charge in [-0.05, 0) is 6.07 Å². The number of nitrogens with zero attached hydrogens (tertiary/aromatic N) is 4. The predicted molar refractivity (Wildman–Crippen MR) is 93.6 cm³/mol. The van der Waals surface area contributed by atoms with Crippen molar-refractivity contribution in [2.24, 2.45) is 4.99 Å². The van der Waals surface area contributed by atoms with Gasteiger partial charge in [0.1, 0.15) is 5.75 Å². The molecule has 21 heavy (non-hydrogen) atoms. The molecular weight excluding hydrogens is 387 g/mol. The van der Waals surface area contributed by atoms with Crippen LogP contribution in [0.15, 0.2) is 23.2 Å². The van der Waals surface area contributed by atoms with Gasteiger partial charge in [-0.1, -0.05) is 0 Å². The molecule has 0 amide bonds. The summed E-state index contributed by atoms with van der Waals surface area (Å²) in [6.45, 7) is 0.316. The normalized spacial score (nSPS) is 9.38. The molecule has 0 aliphatic heterocycles. The maximum absolute atomic E-state index is 10.8. The largest absolute Gasteiger partial charge is 0.496 e. The summed E-state index contributed by atoms with van der Waals surface area (Å²) in [5.41, 5.74) is 0.718. The van der Waals surface area contributed by atoms with Gasteiger partial charge in [-0.15, -0.1) is 24.0 Å². The van der Waals surface area contributed by atoms with E-state index in [2.05, 4.69) is 4.99 Å². The Morgan fingerprint density at radius 3 is 2.29 bits per heavy atom. The zero-order chi connectivity index (χ0) is 15.3. The summed E-state index contributed by atoms with van der Waals surface area (Å²) < 4.78 is 5.21. The van der Waals surface area contributed by atoms with Gasteiger partial charge in [-0.3, -0.25) is 10.1 Å². The van der Waals surface area contributed by atoms with Gasteiger partial charge < -0.3 is 14.5 Å². The number of nitro groups is 1. The number of guanidine groups is 1. The van der Waals surface area contributed by atoms with Gasteiger partial charge in [-0.2, -0.15) is 0 Å². The molecule has 0 N–H and O–H groups in total. The first-order valence-electron chi connectivity index (χ1n) is 6.07. The Morgan fingerprint density at radius 1 is 1.29 bits per heavy atom. The summed E-state index contributed by atoms with van der Waals surface area (Å²) in [5.74, 6) is 1.37. The van der Waals surface area contributed by atoms with Crippen LogP contribution in [-0.4, -0.2) is 56.0 Å². The van der Waals surface area contributed by atoms with Crippen LogP contribution in [0.3, 0.4) is 0 Å². The standard InChI is InChI=1S/C13H20N4O3.HI/c1-15(2)13(16(3)4)14-9-10-8-11(17(18)19)6-7-12(10)20-5;/h6-8H,9H2,1-5H3;1H. The molecular formula is C13H21IN4O3. The van der Waals surface area contributed by atoms with E-state index < -0.39 is 4.92 Å². The van der Waals surface area contributed by atoms with Crippen molar-refractivity contribution < 1.29 is 9.66 Å². The monoisotopic (exact) mass is 408 g/mol. The minimum atomic E-state index is -0.425. The summed E-state index contributed by atoms with van der Waals surface area (Å²) in [4.78, 5) is 18.6. The highest BCUT2D eigenvalue weighted by Gasteiger charge is 2.12. The van der Waals surface area contributed by atoms with E-state index in [-0.39, 0.29) is 29.7 Å². The van der Waals surface area contributed by atoms with E-state index in [0.717, 1.165) is 5.96 Å². The molecule has 0 saturated carbocycles. The van der Waals surface area contributed by atoms with E-state index in [1.807, 2.05) is 38.0 Å². The quantitative estimate of drug-likeness (QED) is 0.251. The SMILES string of the molecule is COc1ccc([N+](=O)[O-])cc1CN=C(N(C)C)N(C)C.I. The maximum Gasteiger partial charge on any atom is 0.270 e. The highest BCUT2D eigenvalue weighted by Crippen LogP contribution is 2.24. The lowest BCUT2D eigenvalue weighted by Crippen LogP contribution is -2.35. The van der Waals surface area contributed by atoms with Crippen molar-refractivity contribution in [2.45, 2.75) is 6.54 Å². The number of halogens is 1. The molecule has 1 aromatic rings. The third-order valence-corrected chi connectivity index (χ3v) is 2.67. The number of aliphatic imine (C=N–C) groups is 1. The van der Waals surface area contributed by atoms with Crippen LogP contribution in [0, 0.1) is 10.1 Å².